The standard InChI is InChI=1S/C13H20N2O4/c1-11(3-4-12(2)15(16)17)14-7-5-13(6-8-14)18-9-10-19-13/h3-4H,5-10H2,1-2H3/b11-3+,12-4+. The van der Waals surface area contributed by atoms with Crippen LogP contribution in [0.25, 0.3) is 0 Å². The Bertz CT molecular complexity index is 401. The van der Waals surface area contributed by atoms with Crippen LogP contribution in [-0.2, 0) is 9.47 Å². The molecule has 2 saturated heterocycles. The highest BCUT2D eigenvalue weighted by Gasteiger charge is 2.39. The Morgan fingerprint density at radius 3 is 2.32 bits per heavy atom. The first-order valence-electron chi connectivity index (χ1n) is 6.55. The minimum Gasteiger partial charge on any atom is -0.375 e. The number of rotatable bonds is 3. The maximum atomic E-state index is 10.5. The van der Waals surface area contributed by atoms with E-state index in [1.807, 2.05) is 6.92 Å². The molecule has 2 aliphatic heterocycles. The van der Waals surface area contributed by atoms with E-state index < -0.39 is 0 Å². The van der Waals surface area contributed by atoms with E-state index in [4.69, 9.17) is 9.47 Å². The summed E-state index contributed by atoms with van der Waals surface area (Å²) < 4.78 is 11.3. The summed E-state index contributed by atoms with van der Waals surface area (Å²) in [7, 11) is 0. The molecule has 0 saturated carbocycles. The van der Waals surface area contributed by atoms with Gasteiger partial charge in [0.05, 0.1) is 18.1 Å². The van der Waals surface area contributed by atoms with Gasteiger partial charge in [-0.15, -0.1) is 0 Å². The van der Waals surface area contributed by atoms with Crippen LogP contribution < -0.4 is 0 Å². The lowest BCUT2D eigenvalue weighted by Gasteiger charge is -2.39. The van der Waals surface area contributed by atoms with E-state index in [0.29, 0.717) is 13.2 Å². The van der Waals surface area contributed by atoms with Crippen LogP contribution in [0.1, 0.15) is 26.7 Å². The average Bonchev–Trinajstić information content (AvgIpc) is 2.84. The summed E-state index contributed by atoms with van der Waals surface area (Å²) in [5.41, 5.74) is 1.18. The lowest BCUT2D eigenvalue weighted by molar-refractivity contribution is -0.424. The van der Waals surface area contributed by atoms with Gasteiger partial charge in [0.15, 0.2) is 5.79 Å². The fourth-order valence-corrected chi connectivity index (χ4v) is 2.39. The Balaban J connectivity index is 1.92. The van der Waals surface area contributed by atoms with Crippen molar-refractivity contribution in [1.29, 1.82) is 0 Å². The first kappa shape index (κ1) is 14.0. The third-order valence-corrected chi connectivity index (χ3v) is 3.69. The molecule has 106 valence electrons. The molecule has 0 aromatic heterocycles. The molecule has 0 radical (unpaired) electrons. The number of nitro groups is 1. The van der Waals surface area contributed by atoms with Crippen LogP contribution in [0.2, 0.25) is 0 Å². The second kappa shape index (κ2) is 5.71. The molecule has 6 nitrogen and oxygen atoms in total. The smallest absolute Gasteiger partial charge is 0.243 e. The molecule has 0 unspecified atom stereocenters. The zero-order chi connectivity index (χ0) is 13.9. The van der Waals surface area contributed by atoms with Crippen molar-refractivity contribution in [3.05, 3.63) is 33.7 Å². The maximum Gasteiger partial charge on any atom is 0.243 e. The molecule has 0 amide bonds. The minimum atomic E-state index is -0.380. The highest BCUT2D eigenvalue weighted by Crippen LogP contribution is 2.32. The molecule has 2 aliphatic rings. The van der Waals surface area contributed by atoms with Gasteiger partial charge in [-0.1, -0.05) is 0 Å². The summed E-state index contributed by atoms with van der Waals surface area (Å²) in [4.78, 5) is 12.3. The first-order chi connectivity index (χ1) is 9.02. The van der Waals surface area contributed by atoms with Crippen molar-refractivity contribution < 1.29 is 14.4 Å². The molecule has 0 atom stereocenters. The van der Waals surface area contributed by atoms with E-state index in [1.165, 1.54) is 6.92 Å². The molecule has 0 bridgehead atoms. The summed E-state index contributed by atoms with van der Waals surface area (Å²) in [5, 5.41) is 10.5. The Hall–Kier alpha value is -1.40. The molecule has 2 fully saturated rings. The first-order valence-corrected chi connectivity index (χ1v) is 6.55. The maximum absolute atomic E-state index is 10.5. The van der Waals surface area contributed by atoms with Crippen molar-refractivity contribution in [2.45, 2.75) is 32.5 Å². The van der Waals surface area contributed by atoms with Gasteiger partial charge in [-0.2, -0.15) is 0 Å². The monoisotopic (exact) mass is 268 g/mol. The van der Waals surface area contributed by atoms with Crippen molar-refractivity contribution in [3.63, 3.8) is 0 Å². The molecule has 0 aromatic rings. The lowest BCUT2D eigenvalue weighted by Crippen LogP contribution is -2.44. The number of piperidine rings is 1. The Morgan fingerprint density at radius 2 is 1.79 bits per heavy atom. The zero-order valence-corrected chi connectivity index (χ0v) is 11.4. The summed E-state index contributed by atoms with van der Waals surface area (Å²) in [6.45, 7) is 6.54. The van der Waals surface area contributed by atoms with Crippen molar-refractivity contribution in [1.82, 2.24) is 4.90 Å². The van der Waals surface area contributed by atoms with Crippen molar-refractivity contribution in [3.8, 4) is 0 Å². The molecule has 1 spiro atoms. The van der Waals surface area contributed by atoms with Crippen LogP contribution in [0.3, 0.4) is 0 Å². The Morgan fingerprint density at radius 1 is 1.21 bits per heavy atom. The third-order valence-electron chi connectivity index (χ3n) is 3.69. The molecule has 0 aliphatic carbocycles. The number of hydrogen-bond donors (Lipinski definition) is 0. The second-order valence-corrected chi connectivity index (χ2v) is 4.97. The van der Waals surface area contributed by atoms with Gasteiger partial charge >= 0.3 is 0 Å². The predicted molar refractivity (Wildman–Crippen MR) is 70.0 cm³/mol. The topological polar surface area (TPSA) is 64.8 Å². The quantitative estimate of drug-likeness (QED) is 0.444. The van der Waals surface area contributed by atoms with Gasteiger partial charge in [0.2, 0.25) is 5.70 Å². The van der Waals surface area contributed by atoms with Gasteiger partial charge in [-0.05, 0) is 13.0 Å². The van der Waals surface area contributed by atoms with Crippen molar-refractivity contribution in [2.75, 3.05) is 26.3 Å². The van der Waals surface area contributed by atoms with Crippen LogP contribution in [-0.4, -0.2) is 41.9 Å². The highest BCUT2D eigenvalue weighted by molar-refractivity contribution is 5.12. The fraction of sp³-hybridized carbons (Fsp3) is 0.692. The summed E-state index contributed by atoms with van der Waals surface area (Å²) in [6.07, 6.45) is 5.03. The van der Waals surface area contributed by atoms with E-state index in [9.17, 15) is 10.1 Å². The van der Waals surface area contributed by atoms with Crippen LogP contribution in [0.5, 0.6) is 0 Å². The minimum absolute atomic E-state index is 0.148. The number of likely N-dealkylation sites (tertiary alicyclic amines) is 1. The largest absolute Gasteiger partial charge is 0.375 e. The predicted octanol–water partition coefficient (Wildman–Crippen LogP) is 1.91. The SMILES string of the molecule is C/C(=C\C=C(/C)[N+](=O)[O-])N1CCC2(CC1)OCCO2. The normalized spacial score (nSPS) is 24.0. The number of ether oxygens (including phenoxy) is 2. The van der Waals surface area contributed by atoms with Crippen molar-refractivity contribution >= 4 is 0 Å². The van der Waals surface area contributed by atoms with Crippen LogP contribution >= 0.6 is 0 Å². The second-order valence-electron chi connectivity index (χ2n) is 4.97. The average molecular weight is 268 g/mol. The van der Waals surface area contributed by atoms with Crippen LogP contribution in [0.15, 0.2) is 23.5 Å². The number of allylic oxidation sites excluding steroid dienone is 4. The molecule has 0 aromatic carbocycles. The van der Waals surface area contributed by atoms with Gasteiger partial charge in [-0.25, -0.2) is 0 Å². The van der Waals surface area contributed by atoms with E-state index in [0.717, 1.165) is 31.6 Å². The van der Waals surface area contributed by atoms with Crippen LogP contribution in [0.4, 0.5) is 0 Å². The summed E-state index contributed by atoms with van der Waals surface area (Å²) in [5.74, 6) is -0.372. The van der Waals surface area contributed by atoms with Gasteiger partial charge in [0.1, 0.15) is 0 Å². The van der Waals surface area contributed by atoms with E-state index in [-0.39, 0.29) is 16.4 Å². The fourth-order valence-electron chi connectivity index (χ4n) is 2.39. The summed E-state index contributed by atoms with van der Waals surface area (Å²) >= 11 is 0. The molecule has 2 rings (SSSR count). The summed E-state index contributed by atoms with van der Waals surface area (Å²) in [6, 6.07) is 0. The third kappa shape index (κ3) is 3.33. The molecule has 2 heterocycles. The Kier molecular flexibility index (Phi) is 4.21. The van der Waals surface area contributed by atoms with Crippen molar-refractivity contribution in [2.24, 2.45) is 0 Å². The van der Waals surface area contributed by atoms with Gasteiger partial charge in [0.25, 0.3) is 0 Å². The molecular formula is C13H20N2O4. The Labute approximate surface area is 112 Å². The van der Waals surface area contributed by atoms with Gasteiger partial charge in [0, 0.05) is 44.6 Å². The van der Waals surface area contributed by atoms with Gasteiger partial charge in [-0.3, -0.25) is 10.1 Å². The number of nitrogens with zero attached hydrogens (tertiary/aromatic N) is 2. The number of hydrogen-bond acceptors (Lipinski definition) is 5. The lowest BCUT2D eigenvalue weighted by atomic mass is 10.0. The van der Waals surface area contributed by atoms with Crippen LogP contribution in [0, 0.1) is 10.1 Å². The molecule has 6 heteroatoms. The zero-order valence-electron chi connectivity index (χ0n) is 11.4. The van der Waals surface area contributed by atoms with E-state index in [1.54, 1.807) is 12.2 Å². The molecule has 19 heavy (non-hydrogen) atoms. The van der Waals surface area contributed by atoms with E-state index >= 15 is 0 Å². The highest BCUT2D eigenvalue weighted by atomic mass is 16.7. The molecule has 0 N–H and O–H groups in total. The van der Waals surface area contributed by atoms with E-state index in [2.05, 4.69) is 4.90 Å². The van der Waals surface area contributed by atoms with Gasteiger partial charge < -0.3 is 14.4 Å². The molecular weight excluding hydrogens is 248 g/mol.